The highest BCUT2D eigenvalue weighted by Crippen LogP contribution is 2.26. The van der Waals surface area contributed by atoms with Crippen LogP contribution in [0.15, 0.2) is 29.2 Å². The van der Waals surface area contributed by atoms with Crippen molar-refractivity contribution >= 4 is 17.7 Å². The van der Waals surface area contributed by atoms with Crippen molar-refractivity contribution in [3.63, 3.8) is 0 Å². The highest BCUT2D eigenvalue weighted by Gasteiger charge is 2.11. The quantitative estimate of drug-likeness (QED) is 0.919. The van der Waals surface area contributed by atoms with E-state index in [4.69, 9.17) is 16.3 Å². The van der Waals surface area contributed by atoms with Crippen molar-refractivity contribution < 1.29 is 9.53 Å². The average molecular weight is 296 g/mol. The zero-order valence-electron chi connectivity index (χ0n) is 11.3. The first-order chi connectivity index (χ1) is 9.43. The predicted molar refractivity (Wildman–Crippen MR) is 75.8 cm³/mol. The Balaban J connectivity index is 2.40. The van der Waals surface area contributed by atoms with Crippen LogP contribution in [-0.2, 0) is 7.05 Å². The van der Waals surface area contributed by atoms with Gasteiger partial charge in [0.25, 0.3) is 0 Å². The van der Waals surface area contributed by atoms with Crippen molar-refractivity contribution in [1.29, 1.82) is 0 Å². The molecule has 2 rings (SSSR count). The molecule has 1 amide bonds. The summed E-state index contributed by atoms with van der Waals surface area (Å²) >= 11 is 6.05. The molecule has 2 aromatic rings. The first-order valence-corrected chi connectivity index (χ1v) is 6.26. The molecule has 1 heterocycles. The van der Waals surface area contributed by atoms with Crippen molar-refractivity contribution in [1.82, 2.24) is 14.5 Å². The van der Waals surface area contributed by atoms with Crippen molar-refractivity contribution in [2.24, 2.45) is 7.05 Å². The molecule has 0 aliphatic heterocycles. The van der Waals surface area contributed by atoms with Gasteiger partial charge in [0.2, 0.25) is 0 Å². The van der Waals surface area contributed by atoms with Crippen LogP contribution in [-0.4, -0.2) is 22.3 Å². The summed E-state index contributed by atoms with van der Waals surface area (Å²) in [5, 5.41) is 2.58. The Morgan fingerprint density at radius 2 is 2.10 bits per heavy atom. The van der Waals surface area contributed by atoms with Crippen LogP contribution in [0.25, 0.3) is 5.69 Å². The number of nitrogens with one attached hydrogen (secondary N) is 1. The smallest absolute Gasteiger partial charge is 0.409 e. The van der Waals surface area contributed by atoms with Crippen LogP contribution >= 0.6 is 11.6 Å². The van der Waals surface area contributed by atoms with Gasteiger partial charge in [-0.2, -0.15) is 0 Å². The van der Waals surface area contributed by atoms with Gasteiger partial charge in [-0.25, -0.2) is 9.59 Å². The number of aryl methyl sites for hydroxylation is 1. The number of carbonyl (C=O) groups excluding carboxylic acids is 1. The summed E-state index contributed by atoms with van der Waals surface area (Å²) < 4.78 is 7.98. The third kappa shape index (κ3) is 2.55. The standard InChI is InChI=1S/C13H14ClN3O3/c1-8-7-17(13(19)16(8)3)9-4-5-11(10(14)6-9)20-12(18)15-2/h4-7H,1-3H3,(H,15,18). The molecule has 0 fully saturated rings. The second kappa shape index (κ2) is 5.42. The molecular weight excluding hydrogens is 282 g/mol. The predicted octanol–water partition coefficient (Wildman–Crippen LogP) is 1.86. The van der Waals surface area contributed by atoms with Crippen LogP contribution in [0.5, 0.6) is 5.75 Å². The fraction of sp³-hybridized carbons (Fsp3) is 0.231. The molecule has 20 heavy (non-hydrogen) atoms. The maximum absolute atomic E-state index is 12.0. The number of aromatic nitrogens is 2. The van der Waals surface area contributed by atoms with Crippen LogP contribution < -0.4 is 15.7 Å². The van der Waals surface area contributed by atoms with Gasteiger partial charge >= 0.3 is 11.8 Å². The van der Waals surface area contributed by atoms with E-state index in [9.17, 15) is 9.59 Å². The normalized spacial score (nSPS) is 10.4. The van der Waals surface area contributed by atoms with E-state index in [-0.39, 0.29) is 16.5 Å². The second-order valence-electron chi connectivity index (χ2n) is 4.24. The van der Waals surface area contributed by atoms with Gasteiger partial charge in [0.05, 0.1) is 10.7 Å². The third-order valence-electron chi connectivity index (χ3n) is 2.94. The van der Waals surface area contributed by atoms with E-state index in [0.29, 0.717) is 5.69 Å². The molecule has 0 unspecified atom stereocenters. The summed E-state index contributed by atoms with van der Waals surface area (Å²) in [7, 11) is 3.15. The first kappa shape index (κ1) is 14.2. The lowest BCUT2D eigenvalue weighted by Crippen LogP contribution is -2.22. The number of amides is 1. The highest BCUT2D eigenvalue weighted by molar-refractivity contribution is 6.32. The molecule has 0 bridgehead atoms. The number of benzene rings is 1. The van der Waals surface area contributed by atoms with E-state index in [1.807, 2.05) is 6.92 Å². The highest BCUT2D eigenvalue weighted by atomic mass is 35.5. The number of imidazole rings is 1. The minimum atomic E-state index is -0.604. The molecule has 1 aromatic carbocycles. The van der Waals surface area contributed by atoms with Gasteiger partial charge in [-0.05, 0) is 25.1 Å². The van der Waals surface area contributed by atoms with Crippen molar-refractivity contribution in [3.05, 3.63) is 45.6 Å². The Kier molecular flexibility index (Phi) is 3.85. The Hall–Kier alpha value is -2.21. The van der Waals surface area contributed by atoms with Crippen LogP contribution in [0.4, 0.5) is 4.79 Å². The van der Waals surface area contributed by atoms with E-state index in [1.54, 1.807) is 31.4 Å². The Morgan fingerprint density at radius 3 is 2.60 bits per heavy atom. The number of hydrogen-bond acceptors (Lipinski definition) is 3. The lowest BCUT2D eigenvalue weighted by molar-refractivity contribution is 0.203. The molecule has 6 nitrogen and oxygen atoms in total. The monoisotopic (exact) mass is 295 g/mol. The number of halogens is 1. The number of hydrogen-bond donors (Lipinski definition) is 1. The van der Waals surface area contributed by atoms with Gasteiger partial charge < -0.3 is 10.1 Å². The Labute approximate surface area is 120 Å². The van der Waals surface area contributed by atoms with Gasteiger partial charge in [0.1, 0.15) is 0 Å². The molecule has 0 atom stereocenters. The van der Waals surface area contributed by atoms with Crippen LogP contribution in [0.1, 0.15) is 5.69 Å². The second-order valence-corrected chi connectivity index (χ2v) is 4.64. The molecule has 7 heteroatoms. The molecule has 0 saturated heterocycles. The summed E-state index contributed by atoms with van der Waals surface area (Å²) in [6.45, 7) is 1.84. The maximum Gasteiger partial charge on any atom is 0.412 e. The summed E-state index contributed by atoms with van der Waals surface area (Å²) in [6, 6.07) is 4.77. The van der Waals surface area contributed by atoms with E-state index in [1.165, 1.54) is 16.2 Å². The van der Waals surface area contributed by atoms with Gasteiger partial charge in [0, 0.05) is 26.0 Å². The van der Waals surface area contributed by atoms with Gasteiger partial charge in [-0.15, -0.1) is 0 Å². The summed E-state index contributed by atoms with van der Waals surface area (Å²) in [6.07, 6.45) is 1.11. The third-order valence-corrected chi connectivity index (χ3v) is 3.23. The minimum Gasteiger partial charge on any atom is -0.409 e. The van der Waals surface area contributed by atoms with Gasteiger partial charge in [0.15, 0.2) is 5.75 Å². The van der Waals surface area contributed by atoms with Crippen molar-refractivity contribution in [2.75, 3.05) is 7.05 Å². The molecule has 0 radical (unpaired) electrons. The zero-order valence-corrected chi connectivity index (χ0v) is 12.1. The Bertz CT molecular complexity index is 718. The number of ether oxygens (including phenoxy) is 1. The van der Waals surface area contributed by atoms with Crippen LogP contribution in [0, 0.1) is 6.92 Å². The van der Waals surface area contributed by atoms with E-state index < -0.39 is 6.09 Å². The average Bonchev–Trinajstić information content (AvgIpc) is 2.68. The number of nitrogens with zero attached hydrogens (tertiary/aromatic N) is 2. The minimum absolute atomic E-state index is 0.168. The van der Waals surface area contributed by atoms with Gasteiger partial charge in [-0.3, -0.25) is 9.13 Å². The van der Waals surface area contributed by atoms with E-state index in [0.717, 1.165) is 5.69 Å². The zero-order chi connectivity index (χ0) is 14.9. The van der Waals surface area contributed by atoms with Crippen LogP contribution in [0.2, 0.25) is 5.02 Å². The molecule has 0 spiro atoms. The summed E-state index contributed by atoms with van der Waals surface area (Å²) in [4.78, 5) is 23.1. The SMILES string of the molecule is CNC(=O)Oc1ccc(-n2cc(C)n(C)c2=O)cc1Cl. The molecule has 1 aromatic heterocycles. The van der Waals surface area contributed by atoms with E-state index >= 15 is 0 Å². The number of carbonyl (C=O) groups is 1. The fourth-order valence-electron chi connectivity index (χ4n) is 1.70. The molecular formula is C13H14ClN3O3. The van der Waals surface area contributed by atoms with E-state index in [2.05, 4.69) is 5.32 Å². The van der Waals surface area contributed by atoms with Crippen molar-refractivity contribution in [3.8, 4) is 11.4 Å². The molecule has 1 N–H and O–H groups in total. The lowest BCUT2D eigenvalue weighted by Gasteiger charge is -2.07. The lowest BCUT2D eigenvalue weighted by atomic mass is 10.3. The van der Waals surface area contributed by atoms with Gasteiger partial charge in [-0.1, -0.05) is 11.6 Å². The largest absolute Gasteiger partial charge is 0.412 e. The molecule has 0 aliphatic rings. The summed E-state index contributed by atoms with van der Waals surface area (Å²) in [5.41, 5.74) is 1.27. The maximum atomic E-state index is 12.0. The van der Waals surface area contributed by atoms with Crippen LogP contribution in [0.3, 0.4) is 0 Å². The number of rotatable bonds is 2. The first-order valence-electron chi connectivity index (χ1n) is 5.88. The topological polar surface area (TPSA) is 65.3 Å². The Morgan fingerprint density at radius 1 is 1.40 bits per heavy atom. The summed E-state index contributed by atoms with van der Waals surface area (Å²) in [5.74, 6) is 0.232. The fourth-order valence-corrected chi connectivity index (χ4v) is 1.91. The molecule has 0 aliphatic carbocycles. The molecule has 106 valence electrons. The molecule has 0 saturated carbocycles. The van der Waals surface area contributed by atoms with Crippen molar-refractivity contribution in [2.45, 2.75) is 6.92 Å².